The molecule has 2 aromatic rings. The van der Waals surface area contributed by atoms with Crippen LogP contribution in [0, 0.1) is 12.8 Å². The molecule has 1 aliphatic rings. The van der Waals surface area contributed by atoms with Gasteiger partial charge in [-0.15, -0.1) is 35.3 Å². The van der Waals surface area contributed by atoms with E-state index in [-0.39, 0.29) is 30.1 Å². The molecular weight excluding hydrogens is 469 g/mol. The number of halogens is 1. The van der Waals surface area contributed by atoms with Gasteiger partial charge in [-0.2, -0.15) is 0 Å². The maximum atomic E-state index is 5.98. The van der Waals surface area contributed by atoms with Crippen LogP contribution >= 0.6 is 35.3 Å². The first-order valence-electron chi connectivity index (χ1n) is 9.34. The van der Waals surface area contributed by atoms with Crippen molar-refractivity contribution >= 4 is 41.3 Å². The minimum atomic E-state index is 0. The Morgan fingerprint density at radius 2 is 2.04 bits per heavy atom. The van der Waals surface area contributed by atoms with E-state index in [1.54, 1.807) is 0 Å². The largest absolute Gasteiger partial charge is 0.373 e. The third-order valence-corrected chi connectivity index (χ3v) is 5.81. The highest BCUT2D eigenvalue weighted by Crippen LogP contribution is 2.33. The van der Waals surface area contributed by atoms with E-state index in [9.17, 15) is 0 Å². The van der Waals surface area contributed by atoms with Crippen molar-refractivity contribution in [2.24, 2.45) is 10.9 Å². The second-order valence-electron chi connectivity index (χ2n) is 6.97. The van der Waals surface area contributed by atoms with Gasteiger partial charge in [0, 0.05) is 48.3 Å². The molecule has 1 saturated heterocycles. The Bertz CT molecular complexity index is 719. The van der Waals surface area contributed by atoms with E-state index in [4.69, 9.17) is 4.74 Å². The number of aryl methyl sites for hydroxylation is 1. The fraction of sp³-hybridized carbons (Fsp3) is 0.476. The van der Waals surface area contributed by atoms with E-state index in [1.165, 1.54) is 15.3 Å². The van der Waals surface area contributed by atoms with E-state index in [1.807, 2.05) is 24.5 Å². The first-order valence-corrected chi connectivity index (χ1v) is 10.2. The molecule has 148 valence electrons. The summed E-state index contributed by atoms with van der Waals surface area (Å²) in [5.41, 5.74) is 1.26. The first-order chi connectivity index (χ1) is 12.7. The fourth-order valence-electron chi connectivity index (χ4n) is 3.46. The minimum Gasteiger partial charge on any atom is -0.373 e. The van der Waals surface area contributed by atoms with Crippen LogP contribution in [0.25, 0.3) is 0 Å². The van der Waals surface area contributed by atoms with E-state index in [0.717, 1.165) is 32.0 Å². The molecule has 0 amide bonds. The Kier molecular flexibility index (Phi) is 9.05. The lowest BCUT2D eigenvalue weighted by molar-refractivity contribution is 0.0915. The summed E-state index contributed by atoms with van der Waals surface area (Å²) < 4.78 is 5.98. The van der Waals surface area contributed by atoms with Crippen molar-refractivity contribution in [2.45, 2.75) is 38.8 Å². The van der Waals surface area contributed by atoms with Crippen molar-refractivity contribution in [3.63, 3.8) is 0 Å². The summed E-state index contributed by atoms with van der Waals surface area (Å²) in [6, 6.07) is 15.3. The fourth-order valence-corrected chi connectivity index (χ4v) is 4.48. The molecule has 3 atom stereocenters. The van der Waals surface area contributed by atoms with Crippen LogP contribution in [0.3, 0.4) is 0 Å². The topological polar surface area (TPSA) is 45.7 Å². The van der Waals surface area contributed by atoms with Gasteiger partial charge in [0.15, 0.2) is 5.96 Å². The lowest BCUT2D eigenvalue weighted by Crippen LogP contribution is -2.44. The predicted molar refractivity (Wildman–Crippen MR) is 125 cm³/mol. The number of rotatable bonds is 6. The summed E-state index contributed by atoms with van der Waals surface area (Å²) in [5, 5.41) is 7.00. The highest BCUT2D eigenvalue weighted by atomic mass is 127. The highest BCUT2D eigenvalue weighted by molar-refractivity contribution is 14.0. The van der Waals surface area contributed by atoms with Gasteiger partial charge in [0.25, 0.3) is 0 Å². The van der Waals surface area contributed by atoms with Crippen LogP contribution in [0.4, 0.5) is 0 Å². The summed E-state index contributed by atoms with van der Waals surface area (Å²) in [6.45, 7) is 6.04. The molecule has 0 radical (unpaired) electrons. The number of guanidine groups is 1. The maximum absolute atomic E-state index is 5.98. The number of hydrogen-bond acceptors (Lipinski definition) is 3. The summed E-state index contributed by atoms with van der Waals surface area (Å²) in [4.78, 5) is 7.16. The smallest absolute Gasteiger partial charge is 0.191 e. The van der Waals surface area contributed by atoms with Gasteiger partial charge in [-0.1, -0.05) is 30.3 Å². The molecule has 3 unspecified atom stereocenters. The predicted octanol–water partition coefficient (Wildman–Crippen LogP) is 4.55. The summed E-state index contributed by atoms with van der Waals surface area (Å²) in [7, 11) is 1.83. The molecule has 27 heavy (non-hydrogen) atoms. The molecular formula is C21H30IN3OS. The van der Waals surface area contributed by atoms with Crippen molar-refractivity contribution in [3.8, 4) is 0 Å². The minimum absolute atomic E-state index is 0. The number of ether oxygens (including phenoxy) is 1. The van der Waals surface area contributed by atoms with Crippen molar-refractivity contribution in [1.29, 1.82) is 0 Å². The lowest BCUT2D eigenvalue weighted by atomic mass is 9.95. The highest BCUT2D eigenvalue weighted by Gasteiger charge is 2.29. The molecule has 1 aromatic heterocycles. The second-order valence-corrected chi connectivity index (χ2v) is 8.34. The number of hydrogen-bond donors (Lipinski definition) is 2. The number of nitrogens with zero attached hydrogens (tertiary/aromatic N) is 1. The van der Waals surface area contributed by atoms with Gasteiger partial charge < -0.3 is 15.4 Å². The Balaban J connectivity index is 0.00000261. The van der Waals surface area contributed by atoms with Crippen LogP contribution in [0.15, 0.2) is 47.5 Å². The van der Waals surface area contributed by atoms with E-state index < -0.39 is 0 Å². The third-order valence-electron chi connectivity index (χ3n) is 4.78. The Morgan fingerprint density at radius 1 is 1.26 bits per heavy atom. The van der Waals surface area contributed by atoms with Crippen molar-refractivity contribution in [3.05, 3.63) is 57.8 Å². The van der Waals surface area contributed by atoms with Gasteiger partial charge in [-0.05, 0) is 38.0 Å². The molecule has 1 aliphatic heterocycles. The van der Waals surface area contributed by atoms with Crippen molar-refractivity contribution < 1.29 is 4.74 Å². The molecule has 6 heteroatoms. The van der Waals surface area contributed by atoms with Gasteiger partial charge in [0.05, 0.1) is 6.10 Å². The number of nitrogens with one attached hydrogen (secondary N) is 2. The zero-order valence-electron chi connectivity index (χ0n) is 16.3. The number of thiophene rings is 1. The first kappa shape index (κ1) is 22.2. The average Bonchev–Trinajstić information content (AvgIpc) is 3.28. The van der Waals surface area contributed by atoms with Gasteiger partial charge in [-0.25, -0.2) is 0 Å². The third kappa shape index (κ3) is 6.47. The Labute approximate surface area is 183 Å². The molecule has 0 spiro atoms. The lowest BCUT2D eigenvalue weighted by Gasteiger charge is -2.22. The van der Waals surface area contributed by atoms with Crippen LogP contribution in [0.2, 0.25) is 0 Å². The molecule has 2 heterocycles. The summed E-state index contributed by atoms with van der Waals surface area (Å²) in [6.07, 6.45) is 2.26. The zero-order valence-corrected chi connectivity index (χ0v) is 19.4. The van der Waals surface area contributed by atoms with Crippen LogP contribution in [0.1, 0.15) is 34.8 Å². The van der Waals surface area contributed by atoms with Crippen molar-refractivity contribution in [2.75, 3.05) is 20.2 Å². The van der Waals surface area contributed by atoms with Gasteiger partial charge in [0.2, 0.25) is 0 Å². The zero-order chi connectivity index (χ0) is 18.4. The molecule has 0 saturated carbocycles. The van der Waals surface area contributed by atoms with Crippen LogP contribution in [-0.4, -0.2) is 32.2 Å². The SMILES string of the molecule is CN=C(NCC1CCOC1c1ccccc1)NC(C)Cc1ccc(C)s1.I. The summed E-state index contributed by atoms with van der Waals surface area (Å²) >= 11 is 1.87. The second kappa shape index (κ2) is 11.0. The Hall–Kier alpha value is -1.12. The van der Waals surface area contributed by atoms with Crippen LogP contribution in [0.5, 0.6) is 0 Å². The monoisotopic (exact) mass is 499 g/mol. The van der Waals surface area contributed by atoms with Crippen molar-refractivity contribution in [1.82, 2.24) is 10.6 Å². The molecule has 0 aliphatic carbocycles. The van der Waals surface area contributed by atoms with Gasteiger partial charge in [-0.3, -0.25) is 4.99 Å². The summed E-state index contributed by atoms with van der Waals surface area (Å²) in [5.74, 6) is 1.33. The van der Waals surface area contributed by atoms with Gasteiger partial charge >= 0.3 is 0 Å². The molecule has 4 nitrogen and oxygen atoms in total. The quantitative estimate of drug-likeness (QED) is 0.349. The molecule has 0 bridgehead atoms. The van der Waals surface area contributed by atoms with E-state index in [2.05, 4.69) is 65.9 Å². The van der Waals surface area contributed by atoms with Crippen LogP contribution < -0.4 is 10.6 Å². The Morgan fingerprint density at radius 3 is 2.70 bits per heavy atom. The number of aliphatic imine (C=N–C) groups is 1. The normalized spacial score (nSPS) is 20.8. The molecule has 2 N–H and O–H groups in total. The molecule has 1 aromatic carbocycles. The maximum Gasteiger partial charge on any atom is 0.191 e. The van der Waals surface area contributed by atoms with Gasteiger partial charge in [0.1, 0.15) is 0 Å². The molecule has 3 rings (SSSR count). The average molecular weight is 499 g/mol. The van der Waals surface area contributed by atoms with E-state index in [0.29, 0.717) is 12.0 Å². The van der Waals surface area contributed by atoms with E-state index >= 15 is 0 Å². The van der Waals surface area contributed by atoms with Crippen LogP contribution in [-0.2, 0) is 11.2 Å². The molecule has 1 fully saturated rings. The number of benzene rings is 1. The standard InChI is InChI=1S/C21H29N3OS.HI/c1-15(13-19-10-9-16(2)26-19)24-21(22-3)23-14-18-11-12-25-20(18)17-7-5-4-6-8-17;/h4-10,15,18,20H,11-14H2,1-3H3,(H2,22,23,24);1H.